The molecule has 4 heteroatoms. The van der Waals surface area contributed by atoms with Crippen LogP contribution in [0.25, 0.3) is 0 Å². The zero-order chi connectivity index (χ0) is 13.4. The third kappa shape index (κ3) is 3.45. The number of nitrogens with zero attached hydrogens (tertiary/aromatic N) is 1. The Labute approximate surface area is 104 Å². The summed E-state index contributed by atoms with van der Waals surface area (Å²) < 4.78 is 0. The Morgan fingerprint density at radius 2 is 1.76 bits per heavy atom. The highest BCUT2D eigenvalue weighted by atomic mass is 16.2. The smallest absolute Gasteiger partial charge is 0.319 e. The molecule has 1 rings (SSSR count). The van der Waals surface area contributed by atoms with Crippen LogP contribution in [-0.2, 0) is 4.79 Å². The predicted molar refractivity (Wildman–Crippen MR) is 67.6 cm³/mol. The summed E-state index contributed by atoms with van der Waals surface area (Å²) in [6.07, 6.45) is 0.897. The number of hydrogen-bond donors (Lipinski definition) is 1. The van der Waals surface area contributed by atoms with Gasteiger partial charge < -0.3 is 4.90 Å². The summed E-state index contributed by atoms with van der Waals surface area (Å²) in [5.74, 6) is -0.301. The lowest BCUT2D eigenvalue weighted by molar-refractivity contribution is -0.126. The van der Waals surface area contributed by atoms with Crippen molar-refractivity contribution in [3.05, 3.63) is 0 Å². The van der Waals surface area contributed by atoms with Crippen LogP contribution in [-0.4, -0.2) is 28.9 Å². The van der Waals surface area contributed by atoms with E-state index in [-0.39, 0.29) is 28.8 Å². The lowest BCUT2D eigenvalue weighted by atomic mass is 9.80. The molecule has 0 aromatic rings. The number of carbonyl (C=O) groups is 2. The lowest BCUT2D eigenvalue weighted by Gasteiger charge is -2.45. The second-order valence-electron chi connectivity index (χ2n) is 6.86. The first kappa shape index (κ1) is 14.0. The largest absolute Gasteiger partial charge is 0.324 e. The van der Waals surface area contributed by atoms with E-state index in [9.17, 15) is 9.59 Å². The van der Waals surface area contributed by atoms with Gasteiger partial charge >= 0.3 is 6.03 Å². The molecule has 1 atom stereocenters. The first-order chi connectivity index (χ1) is 7.53. The molecule has 98 valence electrons. The lowest BCUT2D eigenvalue weighted by Crippen LogP contribution is -2.61. The van der Waals surface area contributed by atoms with Gasteiger partial charge in [-0.1, -0.05) is 27.7 Å². The molecule has 1 heterocycles. The highest BCUT2D eigenvalue weighted by Crippen LogP contribution is 2.32. The first-order valence-electron chi connectivity index (χ1n) is 6.15. The molecule has 3 amide bonds. The first-order valence-corrected chi connectivity index (χ1v) is 6.15. The minimum absolute atomic E-state index is 0.132. The molecule has 0 spiro atoms. The Morgan fingerprint density at radius 1 is 1.24 bits per heavy atom. The normalized spacial score (nSPS) is 22.7. The van der Waals surface area contributed by atoms with E-state index in [1.807, 2.05) is 6.92 Å². The Hall–Kier alpha value is -1.06. The molecule has 0 aromatic carbocycles. The maximum absolute atomic E-state index is 11.9. The van der Waals surface area contributed by atoms with Crippen molar-refractivity contribution in [2.45, 2.75) is 53.5 Å². The van der Waals surface area contributed by atoms with E-state index in [0.29, 0.717) is 6.54 Å². The Bertz CT molecular complexity index is 329. The van der Waals surface area contributed by atoms with Crippen LogP contribution in [0.5, 0.6) is 0 Å². The van der Waals surface area contributed by atoms with Crippen LogP contribution in [0.15, 0.2) is 0 Å². The van der Waals surface area contributed by atoms with Gasteiger partial charge in [0.25, 0.3) is 0 Å². The van der Waals surface area contributed by atoms with Gasteiger partial charge in [0.1, 0.15) is 0 Å². The molecule has 1 aliphatic rings. The fourth-order valence-electron chi connectivity index (χ4n) is 2.65. The van der Waals surface area contributed by atoms with Crippen molar-refractivity contribution in [1.82, 2.24) is 10.2 Å². The van der Waals surface area contributed by atoms with Crippen molar-refractivity contribution >= 4 is 11.9 Å². The van der Waals surface area contributed by atoms with Crippen molar-refractivity contribution in [3.63, 3.8) is 0 Å². The zero-order valence-corrected chi connectivity index (χ0v) is 11.8. The van der Waals surface area contributed by atoms with Gasteiger partial charge in [0.05, 0.1) is 5.92 Å². The van der Waals surface area contributed by atoms with Crippen molar-refractivity contribution in [1.29, 1.82) is 0 Å². The van der Waals surface area contributed by atoms with E-state index in [0.717, 1.165) is 6.42 Å². The van der Waals surface area contributed by atoms with Crippen molar-refractivity contribution in [2.75, 3.05) is 6.54 Å². The van der Waals surface area contributed by atoms with E-state index >= 15 is 0 Å². The topological polar surface area (TPSA) is 49.4 Å². The molecule has 0 aliphatic carbocycles. The van der Waals surface area contributed by atoms with E-state index in [1.54, 1.807) is 4.90 Å². The summed E-state index contributed by atoms with van der Waals surface area (Å²) in [7, 11) is 0. The molecular weight excluding hydrogens is 216 g/mol. The summed E-state index contributed by atoms with van der Waals surface area (Å²) in [6.45, 7) is 12.9. The summed E-state index contributed by atoms with van der Waals surface area (Å²) in [5, 5.41) is 2.42. The SMILES string of the molecule is CC1CN(C(C)(C)CC(C)(C)C)C(=O)NC1=O. The van der Waals surface area contributed by atoms with Crippen molar-refractivity contribution in [3.8, 4) is 0 Å². The van der Waals surface area contributed by atoms with Crippen LogP contribution >= 0.6 is 0 Å². The Balaban J connectivity index is 2.84. The predicted octanol–water partition coefficient (Wildman–Crippen LogP) is 2.39. The molecule has 1 unspecified atom stereocenters. The van der Waals surface area contributed by atoms with Gasteiger partial charge in [-0.05, 0) is 25.7 Å². The number of nitrogens with one attached hydrogen (secondary N) is 1. The monoisotopic (exact) mass is 240 g/mol. The maximum Gasteiger partial charge on any atom is 0.324 e. The molecule has 4 nitrogen and oxygen atoms in total. The van der Waals surface area contributed by atoms with Crippen LogP contribution in [0.4, 0.5) is 4.79 Å². The second-order valence-corrected chi connectivity index (χ2v) is 6.86. The van der Waals surface area contributed by atoms with Gasteiger partial charge in [-0.15, -0.1) is 0 Å². The molecule has 0 aromatic heterocycles. The van der Waals surface area contributed by atoms with E-state index < -0.39 is 0 Å². The number of amides is 3. The van der Waals surface area contributed by atoms with E-state index in [1.165, 1.54) is 0 Å². The average Bonchev–Trinajstić information content (AvgIpc) is 2.06. The molecule has 1 fully saturated rings. The molecule has 0 radical (unpaired) electrons. The number of imide groups is 1. The Kier molecular flexibility index (Phi) is 3.55. The number of hydrogen-bond acceptors (Lipinski definition) is 2. The van der Waals surface area contributed by atoms with E-state index in [4.69, 9.17) is 0 Å². The Morgan fingerprint density at radius 3 is 2.24 bits per heavy atom. The quantitative estimate of drug-likeness (QED) is 0.805. The van der Waals surface area contributed by atoms with Gasteiger partial charge in [0, 0.05) is 12.1 Å². The number of urea groups is 1. The van der Waals surface area contributed by atoms with Gasteiger partial charge in [-0.25, -0.2) is 4.79 Å². The van der Waals surface area contributed by atoms with Gasteiger partial charge in [-0.3, -0.25) is 10.1 Å². The van der Waals surface area contributed by atoms with E-state index in [2.05, 4.69) is 39.9 Å². The standard InChI is InChI=1S/C13H24N2O2/c1-9-7-15(11(17)14-10(9)16)13(5,6)8-12(2,3)4/h9H,7-8H2,1-6H3,(H,14,16,17). The minimum Gasteiger partial charge on any atom is -0.319 e. The summed E-state index contributed by atoms with van der Waals surface area (Å²) >= 11 is 0. The van der Waals surface area contributed by atoms with Crippen LogP contribution in [0.2, 0.25) is 0 Å². The van der Waals surface area contributed by atoms with Gasteiger partial charge in [-0.2, -0.15) is 0 Å². The molecule has 1 N–H and O–H groups in total. The fourth-order valence-corrected chi connectivity index (χ4v) is 2.65. The zero-order valence-electron chi connectivity index (χ0n) is 11.8. The van der Waals surface area contributed by atoms with Crippen LogP contribution in [0.3, 0.4) is 0 Å². The average molecular weight is 240 g/mol. The maximum atomic E-state index is 11.9. The number of rotatable bonds is 2. The van der Waals surface area contributed by atoms with Gasteiger partial charge in [0.2, 0.25) is 5.91 Å². The molecule has 17 heavy (non-hydrogen) atoms. The third-order valence-corrected chi connectivity index (χ3v) is 3.07. The summed E-state index contributed by atoms with van der Waals surface area (Å²) in [6, 6.07) is -0.262. The molecule has 1 aliphatic heterocycles. The molecule has 1 saturated heterocycles. The minimum atomic E-state index is -0.262. The summed E-state index contributed by atoms with van der Waals surface area (Å²) in [4.78, 5) is 25.1. The van der Waals surface area contributed by atoms with Crippen LogP contribution in [0.1, 0.15) is 48.0 Å². The molecular formula is C13H24N2O2. The highest BCUT2D eigenvalue weighted by molar-refractivity contribution is 5.98. The van der Waals surface area contributed by atoms with Gasteiger partial charge in [0.15, 0.2) is 0 Å². The fraction of sp³-hybridized carbons (Fsp3) is 0.846. The number of carbonyl (C=O) groups excluding carboxylic acids is 2. The van der Waals surface area contributed by atoms with Crippen molar-refractivity contribution < 1.29 is 9.59 Å². The second kappa shape index (κ2) is 4.31. The summed E-state index contributed by atoms with van der Waals surface area (Å²) in [5.41, 5.74) is -0.0915. The third-order valence-electron chi connectivity index (χ3n) is 3.07. The molecule has 0 bridgehead atoms. The molecule has 0 saturated carbocycles. The van der Waals surface area contributed by atoms with Crippen molar-refractivity contribution in [2.24, 2.45) is 11.3 Å². The highest BCUT2D eigenvalue weighted by Gasteiger charge is 2.39. The van der Waals surface area contributed by atoms with Crippen LogP contribution < -0.4 is 5.32 Å². The van der Waals surface area contributed by atoms with Crippen LogP contribution in [0, 0.1) is 11.3 Å².